The lowest BCUT2D eigenvalue weighted by atomic mass is 10.1. The van der Waals surface area contributed by atoms with Gasteiger partial charge in [0, 0.05) is 12.1 Å². The molecule has 4 aromatic rings. The van der Waals surface area contributed by atoms with Gasteiger partial charge < -0.3 is 9.88 Å². The standard InChI is InChI=1S/C22H20N4O2/c27-21(25-28)18-12-10-16(11-13-18)14-23-22-24-19-8-4-5-9-20(19)26(22)15-17-6-2-1-3-7-17/h1-13,28H,14-15H2,(H,23,24)(H,25,27). The number of imidazole rings is 1. The summed E-state index contributed by atoms with van der Waals surface area (Å²) in [5.41, 5.74) is 6.26. The van der Waals surface area contributed by atoms with Crippen molar-refractivity contribution in [2.75, 3.05) is 5.32 Å². The summed E-state index contributed by atoms with van der Waals surface area (Å²) in [7, 11) is 0. The SMILES string of the molecule is O=C(NO)c1ccc(CNc2nc3ccccc3n2Cc2ccccc2)cc1. The average molecular weight is 372 g/mol. The van der Waals surface area contributed by atoms with Gasteiger partial charge in [-0.1, -0.05) is 54.6 Å². The summed E-state index contributed by atoms with van der Waals surface area (Å²) in [6.07, 6.45) is 0. The Balaban J connectivity index is 1.58. The predicted octanol–water partition coefficient (Wildman–Crippen LogP) is 3.82. The summed E-state index contributed by atoms with van der Waals surface area (Å²) in [6, 6.07) is 25.4. The third-order valence-electron chi connectivity index (χ3n) is 4.61. The summed E-state index contributed by atoms with van der Waals surface area (Å²) in [4.78, 5) is 16.2. The van der Waals surface area contributed by atoms with Crippen molar-refractivity contribution in [3.8, 4) is 0 Å². The van der Waals surface area contributed by atoms with Crippen LogP contribution in [0.1, 0.15) is 21.5 Å². The molecule has 0 aliphatic heterocycles. The zero-order chi connectivity index (χ0) is 19.3. The monoisotopic (exact) mass is 372 g/mol. The number of hydrogen-bond acceptors (Lipinski definition) is 4. The average Bonchev–Trinajstić information content (AvgIpc) is 3.10. The van der Waals surface area contributed by atoms with Gasteiger partial charge in [-0.15, -0.1) is 0 Å². The van der Waals surface area contributed by atoms with Gasteiger partial charge in [-0.3, -0.25) is 10.0 Å². The van der Waals surface area contributed by atoms with Crippen LogP contribution in [0.15, 0.2) is 78.9 Å². The minimum absolute atomic E-state index is 0.405. The van der Waals surface area contributed by atoms with E-state index in [0.717, 1.165) is 29.1 Å². The first-order valence-electron chi connectivity index (χ1n) is 9.01. The van der Waals surface area contributed by atoms with Crippen LogP contribution in [0.4, 0.5) is 5.95 Å². The number of nitrogens with one attached hydrogen (secondary N) is 2. The largest absolute Gasteiger partial charge is 0.352 e. The number of amides is 1. The summed E-state index contributed by atoms with van der Waals surface area (Å²) in [5.74, 6) is 0.270. The van der Waals surface area contributed by atoms with Crippen molar-refractivity contribution >= 4 is 22.9 Å². The van der Waals surface area contributed by atoms with Crippen LogP contribution in [0.3, 0.4) is 0 Å². The molecule has 3 N–H and O–H groups in total. The van der Waals surface area contributed by atoms with Crippen LogP contribution < -0.4 is 10.8 Å². The molecule has 0 aliphatic rings. The molecule has 0 spiro atoms. The van der Waals surface area contributed by atoms with E-state index in [-0.39, 0.29) is 0 Å². The molecule has 0 saturated heterocycles. The molecule has 0 radical (unpaired) electrons. The number of aromatic nitrogens is 2. The van der Waals surface area contributed by atoms with Gasteiger partial charge in [0.05, 0.1) is 17.6 Å². The van der Waals surface area contributed by atoms with Crippen LogP contribution in [0, 0.1) is 0 Å². The smallest absolute Gasteiger partial charge is 0.274 e. The first kappa shape index (κ1) is 17.8. The van der Waals surface area contributed by atoms with Gasteiger partial charge in [-0.05, 0) is 35.4 Å². The van der Waals surface area contributed by atoms with Crippen LogP contribution >= 0.6 is 0 Å². The van der Waals surface area contributed by atoms with Crippen LogP contribution in [0.2, 0.25) is 0 Å². The van der Waals surface area contributed by atoms with E-state index in [2.05, 4.69) is 28.1 Å². The van der Waals surface area contributed by atoms with Crippen LogP contribution in [0.5, 0.6) is 0 Å². The molecule has 1 aromatic heterocycles. The fraction of sp³-hybridized carbons (Fsp3) is 0.0909. The molecule has 140 valence electrons. The van der Waals surface area contributed by atoms with Gasteiger partial charge in [0.2, 0.25) is 5.95 Å². The zero-order valence-corrected chi connectivity index (χ0v) is 15.2. The van der Waals surface area contributed by atoms with Crippen molar-refractivity contribution in [3.05, 3.63) is 95.6 Å². The van der Waals surface area contributed by atoms with E-state index in [0.29, 0.717) is 12.1 Å². The first-order valence-corrected chi connectivity index (χ1v) is 9.01. The normalized spacial score (nSPS) is 10.8. The van der Waals surface area contributed by atoms with Crippen LogP contribution in [-0.4, -0.2) is 20.7 Å². The number of benzene rings is 3. The Bertz CT molecular complexity index is 1090. The molecule has 6 heteroatoms. The highest BCUT2D eigenvalue weighted by Gasteiger charge is 2.11. The minimum atomic E-state index is -0.524. The van der Waals surface area contributed by atoms with Gasteiger partial charge in [0.25, 0.3) is 5.91 Å². The quantitative estimate of drug-likeness (QED) is 0.355. The van der Waals surface area contributed by atoms with E-state index in [1.165, 1.54) is 5.56 Å². The van der Waals surface area contributed by atoms with Crippen LogP contribution in [-0.2, 0) is 13.1 Å². The van der Waals surface area contributed by atoms with Crippen molar-refractivity contribution in [1.82, 2.24) is 15.0 Å². The fourth-order valence-electron chi connectivity index (χ4n) is 3.16. The summed E-state index contributed by atoms with van der Waals surface area (Å²) in [6.45, 7) is 1.29. The highest BCUT2D eigenvalue weighted by molar-refractivity contribution is 5.93. The lowest BCUT2D eigenvalue weighted by Gasteiger charge is -2.11. The van der Waals surface area contributed by atoms with Gasteiger partial charge in [-0.2, -0.15) is 0 Å². The molecule has 0 fully saturated rings. The second kappa shape index (κ2) is 7.94. The van der Waals surface area contributed by atoms with E-state index < -0.39 is 5.91 Å². The summed E-state index contributed by atoms with van der Waals surface area (Å²) in [5, 5.41) is 12.1. The maximum absolute atomic E-state index is 11.4. The molecule has 1 heterocycles. The van der Waals surface area contributed by atoms with E-state index in [1.54, 1.807) is 17.6 Å². The molecule has 0 unspecified atom stereocenters. The van der Waals surface area contributed by atoms with Crippen molar-refractivity contribution in [1.29, 1.82) is 0 Å². The van der Waals surface area contributed by atoms with Gasteiger partial charge in [0.1, 0.15) is 0 Å². The molecule has 3 aromatic carbocycles. The summed E-state index contributed by atoms with van der Waals surface area (Å²) < 4.78 is 2.16. The Labute approximate surface area is 162 Å². The number of rotatable bonds is 6. The molecule has 6 nitrogen and oxygen atoms in total. The van der Waals surface area contributed by atoms with E-state index in [4.69, 9.17) is 10.2 Å². The number of hydrogen-bond donors (Lipinski definition) is 3. The Kier molecular flexibility index (Phi) is 5.03. The second-order valence-electron chi connectivity index (χ2n) is 6.49. The molecule has 0 atom stereocenters. The Morgan fingerprint density at radius 2 is 1.61 bits per heavy atom. The van der Waals surface area contributed by atoms with Gasteiger partial charge in [0.15, 0.2) is 0 Å². The molecule has 0 bridgehead atoms. The molecule has 0 saturated carbocycles. The van der Waals surface area contributed by atoms with Crippen molar-refractivity contribution < 1.29 is 10.0 Å². The first-order chi connectivity index (χ1) is 13.7. The lowest BCUT2D eigenvalue weighted by molar-refractivity contribution is 0.0706. The lowest BCUT2D eigenvalue weighted by Crippen LogP contribution is -2.18. The topological polar surface area (TPSA) is 79.2 Å². The third kappa shape index (κ3) is 3.72. The predicted molar refractivity (Wildman–Crippen MR) is 108 cm³/mol. The second-order valence-corrected chi connectivity index (χ2v) is 6.49. The van der Waals surface area contributed by atoms with E-state index in [1.807, 2.05) is 48.5 Å². The number of anilines is 1. The number of nitrogens with zero attached hydrogens (tertiary/aromatic N) is 2. The third-order valence-corrected chi connectivity index (χ3v) is 4.61. The molecule has 0 aliphatic carbocycles. The molecular formula is C22H20N4O2. The molecule has 1 amide bonds. The maximum atomic E-state index is 11.4. The maximum Gasteiger partial charge on any atom is 0.274 e. The molecule has 28 heavy (non-hydrogen) atoms. The Morgan fingerprint density at radius 3 is 2.36 bits per heavy atom. The van der Waals surface area contributed by atoms with Crippen molar-refractivity contribution in [2.45, 2.75) is 13.1 Å². The fourth-order valence-corrected chi connectivity index (χ4v) is 3.16. The number of fused-ring (bicyclic) bond motifs is 1. The van der Waals surface area contributed by atoms with Crippen LogP contribution in [0.25, 0.3) is 11.0 Å². The van der Waals surface area contributed by atoms with Crippen molar-refractivity contribution in [2.24, 2.45) is 0 Å². The number of carbonyl (C=O) groups excluding carboxylic acids is 1. The molecule has 4 rings (SSSR count). The van der Waals surface area contributed by atoms with Gasteiger partial charge in [-0.25, -0.2) is 10.5 Å². The number of para-hydroxylation sites is 2. The minimum Gasteiger partial charge on any atom is -0.352 e. The highest BCUT2D eigenvalue weighted by Crippen LogP contribution is 2.22. The van der Waals surface area contributed by atoms with Crippen molar-refractivity contribution in [3.63, 3.8) is 0 Å². The zero-order valence-electron chi connectivity index (χ0n) is 15.2. The van der Waals surface area contributed by atoms with E-state index in [9.17, 15) is 4.79 Å². The Morgan fingerprint density at radius 1 is 0.893 bits per heavy atom. The van der Waals surface area contributed by atoms with Gasteiger partial charge >= 0.3 is 0 Å². The Hall–Kier alpha value is -3.64. The highest BCUT2D eigenvalue weighted by atomic mass is 16.5. The molecular weight excluding hydrogens is 352 g/mol. The number of carbonyl (C=O) groups is 1. The summed E-state index contributed by atoms with van der Waals surface area (Å²) >= 11 is 0. The van der Waals surface area contributed by atoms with E-state index >= 15 is 0 Å². The number of hydroxylamine groups is 1.